The normalized spacial score (nSPS) is 11.8. The summed E-state index contributed by atoms with van der Waals surface area (Å²) >= 11 is 0. The molecule has 7 heteroatoms. The number of methoxy groups -OCH3 is 2. The number of aryl methyl sites for hydroxylation is 1. The van der Waals surface area contributed by atoms with Crippen molar-refractivity contribution in [1.82, 2.24) is 5.16 Å². The van der Waals surface area contributed by atoms with Crippen LogP contribution in [0.3, 0.4) is 0 Å². The molecule has 0 atom stereocenters. The van der Waals surface area contributed by atoms with Crippen LogP contribution in [0.2, 0.25) is 0 Å². The van der Waals surface area contributed by atoms with E-state index in [1.807, 2.05) is 25.1 Å². The highest BCUT2D eigenvalue weighted by Gasteiger charge is 2.29. The standard InChI is InChI=1S/C20H18N2O5/c1-11-4-6-16-13(8-11)19-14(10-26-16)18(22-27-19)20(23)21-15-9-12(24-2)5-7-17(15)25-3/h4-9H,10H2,1-3H3,(H,21,23). The van der Waals surface area contributed by atoms with E-state index in [0.29, 0.717) is 34.3 Å². The van der Waals surface area contributed by atoms with Crippen molar-refractivity contribution in [3.05, 3.63) is 53.2 Å². The smallest absolute Gasteiger partial charge is 0.278 e. The minimum absolute atomic E-state index is 0.182. The first-order valence-electron chi connectivity index (χ1n) is 8.36. The number of hydrogen-bond donors (Lipinski definition) is 1. The van der Waals surface area contributed by atoms with E-state index in [9.17, 15) is 4.79 Å². The van der Waals surface area contributed by atoms with Crippen LogP contribution >= 0.6 is 0 Å². The van der Waals surface area contributed by atoms with E-state index >= 15 is 0 Å². The van der Waals surface area contributed by atoms with Gasteiger partial charge in [-0.1, -0.05) is 16.8 Å². The summed E-state index contributed by atoms with van der Waals surface area (Å²) in [6.07, 6.45) is 0. The number of fused-ring (bicyclic) bond motifs is 3. The molecule has 138 valence electrons. The number of hydrogen-bond acceptors (Lipinski definition) is 6. The molecule has 3 aromatic rings. The number of carbonyl (C=O) groups excluding carboxylic acids is 1. The van der Waals surface area contributed by atoms with Crippen LogP contribution in [0.4, 0.5) is 5.69 Å². The van der Waals surface area contributed by atoms with Crippen molar-refractivity contribution in [2.45, 2.75) is 13.5 Å². The quantitative estimate of drug-likeness (QED) is 0.756. The molecular weight excluding hydrogens is 348 g/mol. The lowest BCUT2D eigenvalue weighted by Gasteiger charge is -2.17. The van der Waals surface area contributed by atoms with E-state index in [4.69, 9.17) is 18.7 Å². The van der Waals surface area contributed by atoms with Crippen LogP contribution in [0.25, 0.3) is 11.3 Å². The molecule has 2 heterocycles. The average molecular weight is 366 g/mol. The number of anilines is 1. The lowest BCUT2D eigenvalue weighted by molar-refractivity contribution is 0.101. The number of nitrogens with zero attached hydrogens (tertiary/aromatic N) is 1. The van der Waals surface area contributed by atoms with Crippen LogP contribution < -0.4 is 19.5 Å². The van der Waals surface area contributed by atoms with Crippen molar-refractivity contribution in [2.75, 3.05) is 19.5 Å². The molecule has 1 N–H and O–H groups in total. The molecule has 0 saturated heterocycles. The molecule has 0 saturated carbocycles. The Morgan fingerprint density at radius 3 is 2.78 bits per heavy atom. The summed E-state index contributed by atoms with van der Waals surface area (Å²) in [6.45, 7) is 2.19. The molecule has 0 fully saturated rings. The number of nitrogens with one attached hydrogen (secondary N) is 1. The SMILES string of the molecule is COc1ccc(OC)c(NC(=O)c2noc3c2COc2ccc(C)cc2-3)c1. The Morgan fingerprint density at radius 1 is 1.15 bits per heavy atom. The third-order valence-electron chi connectivity index (χ3n) is 4.41. The fraction of sp³-hybridized carbons (Fsp3) is 0.200. The Hall–Kier alpha value is -3.48. The number of amides is 1. The summed E-state index contributed by atoms with van der Waals surface area (Å²) in [6, 6.07) is 10.9. The zero-order valence-corrected chi connectivity index (χ0v) is 15.2. The van der Waals surface area contributed by atoms with Crippen molar-refractivity contribution in [2.24, 2.45) is 0 Å². The number of carbonyl (C=O) groups is 1. The third kappa shape index (κ3) is 2.97. The summed E-state index contributed by atoms with van der Waals surface area (Å²) in [7, 11) is 3.08. The molecule has 1 aromatic heterocycles. The largest absolute Gasteiger partial charge is 0.497 e. The number of aromatic nitrogens is 1. The Bertz CT molecular complexity index is 1030. The molecule has 27 heavy (non-hydrogen) atoms. The fourth-order valence-corrected chi connectivity index (χ4v) is 3.02. The van der Waals surface area contributed by atoms with Gasteiger partial charge in [-0.2, -0.15) is 0 Å². The van der Waals surface area contributed by atoms with Crippen LogP contribution in [0, 0.1) is 6.92 Å². The molecule has 1 aliphatic rings. The summed E-state index contributed by atoms with van der Waals surface area (Å²) in [4.78, 5) is 12.8. The molecule has 0 radical (unpaired) electrons. The Kier molecular flexibility index (Phi) is 4.19. The summed E-state index contributed by atoms with van der Waals surface area (Å²) in [5.74, 6) is 1.97. The van der Waals surface area contributed by atoms with Crippen molar-refractivity contribution in [3.8, 4) is 28.6 Å². The van der Waals surface area contributed by atoms with Crippen LogP contribution in [0.1, 0.15) is 21.6 Å². The Labute approximate surface area is 155 Å². The van der Waals surface area contributed by atoms with E-state index in [1.54, 1.807) is 25.3 Å². The van der Waals surface area contributed by atoms with Gasteiger partial charge in [0.15, 0.2) is 11.5 Å². The van der Waals surface area contributed by atoms with Crippen LogP contribution in [-0.2, 0) is 6.61 Å². The first-order valence-corrected chi connectivity index (χ1v) is 8.36. The van der Waals surface area contributed by atoms with E-state index < -0.39 is 5.91 Å². The Morgan fingerprint density at radius 2 is 2.00 bits per heavy atom. The van der Waals surface area contributed by atoms with Crippen LogP contribution in [0.15, 0.2) is 40.9 Å². The number of benzene rings is 2. The first kappa shape index (κ1) is 17.0. The lowest BCUT2D eigenvalue weighted by Crippen LogP contribution is -2.17. The van der Waals surface area contributed by atoms with Gasteiger partial charge in [-0.3, -0.25) is 4.79 Å². The third-order valence-corrected chi connectivity index (χ3v) is 4.41. The van der Waals surface area contributed by atoms with Gasteiger partial charge in [-0.15, -0.1) is 0 Å². The van der Waals surface area contributed by atoms with Gasteiger partial charge in [0, 0.05) is 6.07 Å². The molecule has 2 aromatic carbocycles. The molecule has 0 aliphatic carbocycles. The van der Waals surface area contributed by atoms with E-state index in [1.165, 1.54) is 7.11 Å². The highest BCUT2D eigenvalue weighted by molar-refractivity contribution is 6.05. The van der Waals surface area contributed by atoms with Gasteiger partial charge in [0.1, 0.15) is 23.9 Å². The Balaban J connectivity index is 1.68. The maximum atomic E-state index is 12.8. The van der Waals surface area contributed by atoms with Gasteiger partial charge in [-0.25, -0.2) is 0 Å². The van der Waals surface area contributed by atoms with E-state index in [0.717, 1.165) is 11.1 Å². The van der Waals surface area contributed by atoms with Gasteiger partial charge in [-0.05, 0) is 31.2 Å². The molecule has 0 spiro atoms. The lowest BCUT2D eigenvalue weighted by atomic mass is 10.0. The highest BCUT2D eigenvalue weighted by atomic mass is 16.5. The fourth-order valence-electron chi connectivity index (χ4n) is 3.02. The molecule has 0 bridgehead atoms. The molecule has 7 nitrogen and oxygen atoms in total. The topological polar surface area (TPSA) is 82.8 Å². The second-order valence-electron chi connectivity index (χ2n) is 6.15. The van der Waals surface area contributed by atoms with Gasteiger partial charge in [0.2, 0.25) is 0 Å². The first-order chi connectivity index (χ1) is 13.1. The van der Waals surface area contributed by atoms with Crippen molar-refractivity contribution in [3.63, 3.8) is 0 Å². The zero-order chi connectivity index (χ0) is 19.0. The number of rotatable bonds is 4. The maximum absolute atomic E-state index is 12.8. The van der Waals surface area contributed by atoms with Crippen molar-refractivity contribution < 1.29 is 23.5 Å². The zero-order valence-electron chi connectivity index (χ0n) is 15.2. The minimum Gasteiger partial charge on any atom is -0.497 e. The average Bonchev–Trinajstić information content (AvgIpc) is 3.12. The van der Waals surface area contributed by atoms with Crippen LogP contribution in [-0.4, -0.2) is 25.3 Å². The summed E-state index contributed by atoms with van der Waals surface area (Å²) < 4.78 is 21.7. The van der Waals surface area contributed by atoms with Gasteiger partial charge in [0.25, 0.3) is 5.91 Å². The van der Waals surface area contributed by atoms with Crippen molar-refractivity contribution >= 4 is 11.6 Å². The second kappa shape index (κ2) is 6.68. The van der Waals surface area contributed by atoms with E-state index in [2.05, 4.69) is 10.5 Å². The van der Waals surface area contributed by atoms with Gasteiger partial charge < -0.3 is 24.1 Å². The maximum Gasteiger partial charge on any atom is 0.278 e. The minimum atomic E-state index is -0.411. The van der Waals surface area contributed by atoms with E-state index in [-0.39, 0.29) is 12.3 Å². The molecule has 1 amide bonds. The van der Waals surface area contributed by atoms with Gasteiger partial charge >= 0.3 is 0 Å². The summed E-state index contributed by atoms with van der Waals surface area (Å²) in [5.41, 5.74) is 3.14. The number of ether oxygens (including phenoxy) is 3. The van der Waals surface area contributed by atoms with Crippen molar-refractivity contribution in [1.29, 1.82) is 0 Å². The molecule has 0 unspecified atom stereocenters. The predicted molar refractivity (Wildman–Crippen MR) is 98.5 cm³/mol. The second-order valence-corrected chi connectivity index (χ2v) is 6.15. The molecule has 1 aliphatic heterocycles. The van der Waals surface area contributed by atoms with Gasteiger partial charge in [0.05, 0.1) is 31.0 Å². The highest BCUT2D eigenvalue weighted by Crippen LogP contribution is 2.39. The predicted octanol–water partition coefficient (Wildman–Crippen LogP) is 3.81. The van der Waals surface area contributed by atoms with Crippen LogP contribution in [0.5, 0.6) is 17.2 Å². The monoisotopic (exact) mass is 366 g/mol. The molecular formula is C20H18N2O5. The summed E-state index contributed by atoms with van der Waals surface area (Å²) in [5, 5.41) is 6.78. The molecule has 4 rings (SSSR count).